The summed E-state index contributed by atoms with van der Waals surface area (Å²) in [5.41, 5.74) is 9.17. The first-order valence-electron chi connectivity index (χ1n) is 9.08. The molecule has 0 amide bonds. The predicted molar refractivity (Wildman–Crippen MR) is 106 cm³/mol. The van der Waals surface area contributed by atoms with Gasteiger partial charge in [-0.15, -0.1) is 0 Å². The van der Waals surface area contributed by atoms with E-state index in [1.807, 2.05) is 24.4 Å². The van der Waals surface area contributed by atoms with Crippen molar-refractivity contribution >= 4 is 10.9 Å². The van der Waals surface area contributed by atoms with Crippen LogP contribution in [0.3, 0.4) is 0 Å². The summed E-state index contributed by atoms with van der Waals surface area (Å²) in [7, 11) is 1.65. The SMILES string of the molecule is C=C(N)CCCCCCc1ncc(-c2cc3ccccc3nc2OC)[nH]1. The van der Waals surface area contributed by atoms with Gasteiger partial charge in [-0.2, -0.15) is 0 Å². The van der Waals surface area contributed by atoms with E-state index in [0.717, 1.165) is 59.4 Å². The lowest BCUT2D eigenvalue weighted by Gasteiger charge is -2.07. The van der Waals surface area contributed by atoms with E-state index in [4.69, 9.17) is 10.5 Å². The number of ether oxygens (including phenoxy) is 1. The summed E-state index contributed by atoms with van der Waals surface area (Å²) in [6, 6.07) is 10.1. The van der Waals surface area contributed by atoms with Gasteiger partial charge < -0.3 is 15.5 Å². The highest BCUT2D eigenvalue weighted by molar-refractivity contribution is 5.85. The van der Waals surface area contributed by atoms with Gasteiger partial charge in [0.05, 0.1) is 30.1 Å². The third kappa shape index (κ3) is 4.42. The number of benzene rings is 1. The van der Waals surface area contributed by atoms with Crippen LogP contribution in [0, 0.1) is 0 Å². The normalized spacial score (nSPS) is 11.0. The molecule has 0 fully saturated rings. The lowest BCUT2D eigenvalue weighted by atomic mass is 10.1. The summed E-state index contributed by atoms with van der Waals surface area (Å²) in [6.45, 7) is 3.73. The van der Waals surface area contributed by atoms with Gasteiger partial charge in [0.1, 0.15) is 5.82 Å². The Balaban J connectivity index is 1.66. The highest BCUT2D eigenvalue weighted by atomic mass is 16.5. The monoisotopic (exact) mass is 350 g/mol. The third-order valence-electron chi connectivity index (χ3n) is 4.46. The molecule has 5 heteroatoms. The number of rotatable bonds is 9. The lowest BCUT2D eigenvalue weighted by Crippen LogP contribution is -1.95. The Morgan fingerprint density at radius 3 is 2.81 bits per heavy atom. The number of imidazole rings is 1. The van der Waals surface area contributed by atoms with Gasteiger partial charge in [0.25, 0.3) is 0 Å². The molecule has 0 aliphatic carbocycles. The number of nitrogens with zero attached hydrogens (tertiary/aromatic N) is 2. The van der Waals surface area contributed by atoms with Crippen molar-refractivity contribution in [1.82, 2.24) is 15.0 Å². The van der Waals surface area contributed by atoms with Gasteiger partial charge in [0.15, 0.2) is 0 Å². The number of H-pyrrole nitrogens is 1. The van der Waals surface area contributed by atoms with Crippen LogP contribution in [-0.4, -0.2) is 22.1 Å². The maximum Gasteiger partial charge on any atom is 0.223 e. The Hall–Kier alpha value is -2.82. The summed E-state index contributed by atoms with van der Waals surface area (Å²) < 4.78 is 5.49. The molecule has 1 aromatic carbocycles. The molecule has 5 nitrogen and oxygen atoms in total. The molecule has 0 radical (unpaired) electrons. The molecular weight excluding hydrogens is 324 g/mol. The largest absolute Gasteiger partial charge is 0.480 e. The Kier molecular flexibility index (Phi) is 5.89. The van der Waals surface area contributed by atoms with Crippen LogP contribution in [0.2, 0.25) is 0 Å². The van der Waals surface area contributed by atoms with Gasteiger partial charge in [0, 0.05) is 17.5 Å². The number of hydrogen-bond donors (Lipinski definition) is 2. The summed E-state index contributed by atoms with van der Waals surface area (Å²) >= 11 is 0. The van der Waals surface area contributed by atoms with E-state index in [2.05, 4.69) is 33.7 Å². The zero-order chi connectivity index (χ0) is 18.4. The minimum atomic E-state index is 0.612. The van der Waals surface area contributed by atoms with Crippen molar-refractivity contribution in [2.24, 2.45) is 5.73 Å². The van der Waals surface area contributed by atoms with E-state index in [1.165, 1.54) is 12.8 Å². The number of hydrogen-bond acceptors (Lipinski definition) is 4. The second-order valence-electron chi connectivity index (χ2n) is 6.55. The second kappa shape index (κ2) is 8.52. The van der Waals surface area contributed by atoms with Crippen molar-refractivity contribution in [1.29, 1.82) is 0 Å². The number of unbranched alkanes of at least 4 members (excludes halogenated alkanes) is 3. The topological polar surface area (TPSA) is 76.8 Å². The van der Waals surface area contributed by atoms with Gasteiger partial charge in [-0.1, -0.05) is 37.6 Å². The molecule has 0 saturated carbocycles. The number of para-hydroxylation sites is 1. The van der Waals surface area contributed by atoms with Crippen molar-refractivity contribution < 1.29 is 4.74 Å². The predicted octanol–water partition coefficient (Wildman–Crippen LogP) is 4.60. The Morgan fingerprint density at radius 2 is 2.00 bits per heavy atom. The maximum atomic E-state index is 5.59. The van der Waals surface area contributed by atoms with Crippen molar-refractivity contribution in [2.75, 3.05) is 7.11 Å². The second-order valence-corrected chi connectivity index (χ2v) is 6.55. The number of fused-ring (bicyclic) bond motifs is 1. The molecule has 0 aliphatic rings. The lowest BCUT2D eigenvalue weighted by molar-refractivity contribution is 0.401. The average molecular weight is 350 g/mol. The highest BCUT2D eigenvalue weighted by Crippen LogP contribution is 2.30. The third-order valence-corrected chi connectivity index (χ3v) is 4.46. The standard InChI is InChI=1S/C21H26N4O/c1-15(22)9-5-3-4-6-12-20-23-14-19(24-20)17-13-16-10-7-8-11-18(16)25-21(17)26-2/h7-8,10-11,13-14H,1,3-6,9,12,22H2,2H3,(H,23,24). The number of nitrogens with two attached hydrogens (primary N) is 1. The van der Waals surface area contributed by atoms with Crippen LogP contribution in [0.1, 0.15) is 37.9 Å². The van der Waals surface area contributed by atoms with Gasteiger partial charge in [-0.05, 0) is 31.4 Å². The van der Waals surface area contributed by atoms with Crippen LogP contribution in [0.25, 0.3) is 22.2 Å². The van der Waals surface area contributed by atoms with Crippen molar-refractivity contribution in [3.63, 3.8) is 0 Å². The van der Waals surface area contributed by atoms with Crippen molar-refractivity contribution in [2.45, 2.75) is 38.5 Å². The Morgan fingerprint density at radius 1 is 1.19 bits per heavy atom. The van der Waals surface area contributed by atoms with E-state index in [1.54, 1.807) is 7.11 Å². The molecule has 0 saturated heterocycles. The summed E-state index contributed by atoms with van der Waals surface area (Å²) in [4.78, 5) is 12.5. The molecule has 3 N–H and O–H groups in total. The van der Waals surface area contributed by atoms with Crippen LogP contribution in [0.5, 0.6) is 5.88 Å². The van der Waals surface area contributed by atoms with Crippen LogP contribution >= 0.6 is 0 Å². The molecule has 0 bridgehead atoms. The zero-order valence-electron chi connectivity index (χ0n) is 15.3. The van der Waals surface area contributed by atoms with Crippen LogP contribution < -0.4 is 10.5 Å². The van der Waals surface area contributed by atoms with Gasteiger partial charge in [-0.25, -0.2) is 9.97 Å². The van der Waals surface area contributed by atoms with Crippen LogP contribution in [0.4, 0.5) is 0 Å². The minimum Gasteiger partial charge on any atom is -0.480 e. The summed E-state index contributed by atoms with van der Waals surface area (Å²) in [5, 5.41) is 1.08. The zero-order valence-corrected chi connectivity index (χ0v) is 15.3. The van der Waals surface area contributed by atoms with Crippen LogP contribution in [0.15, 0.2) is 48.8 Å². The quantitative estimate of drug-likeness (QED) is 0.553. The first-order valence-corrected chi connectivity index (χ1v) is 9.08. The molecule has 26 heavy (non-hydrogen) atoms. The fourth-order valence-electron chi connectivity index (χ4n) is 3.07. The minimum absolute atomic E-state index is 0.612. The van der Waals surface area contributed by atoms with Crippen molar-refractivity contribution in [3.8, 4) is 17.1 Å². The van der Waals surface area contributed by atoms with E-state index in [-0.39, 0.29) is 0 Å². The molecular formula is C21H26N4O. The molecule has 3 rings (SSSR count). The molecule has 0 atom stereocenters. The highest BCUT2D eigenvalue weighted by Gasteiger charge is 2.12. The van der Waals surface area contributed by atoms with E-state index < -0.39 is 0 Å². The number of allylic oxidation sites excluding steroid dienone is 1. The van der Waals surface area contributed by atoms with Gasteiger partial charge in [-0.3, -0.25) is 0 Å². The molecule has 3 aromatic rings. The first kappa shape index (κ1) is 18.0. The number of methoxy groups -OCH3 is 1. The summed E-state index contributed by atoms with van der Waals surface area (Å²) in [5.74, 6) is 1.61. The molecule has 0 spiro atoms. The van der Waals surface area contributed by atoms with Gasteiger partial charge >= 0.3 is 0 Å². The number of aromatic amines is 1. The van der Waals surface area contributed by atoms with E-state index in [0.29, 0.717) is 5.88 Å². The number of pyridine rings is 1. The van der Waals surface area contributed by atoms with Crippen LogP contribution in [-0.2, 0) is 6.42 Å². The molecule has 2 aromatic heterocycles. The number of aromatic nitrogens is 3. The van der Waals surface area contributed by atoms with Gasteiger partial charge in [0.2, 0.25) is 5.88 Å². The average Bonchev–Trinajstić information content (AvgIpc) is 3.12. The van der Waals surface area contributed by atoms with E-state index in [9.17, 15) is 0 Å². The molecule has 0 aliphatic heterocycles. The van der Waals surface area contributed by atoms with Crippen molar-refractivity contribution in [3.05, 3.63) is 54.6 Å². The smallest absolute Gasteiger partial charge is 0.223 e. The Bertz CT molecular complexity index is 885. The molecule has 2 heterocycles. The Labute approximate surface area is 154 Å². The fraction of sp³-hybridized carbons (Fsp3) is 0.333. The fourth-order valence-corrected chi connectivity index (χ4v) is 3.07. The summed E-state index contributed by atoms with van der Waals surface area (Å²) in [6.07, 6.45) is 8.28. The number of aryl methyl sites for hydroxylation is 1. The first-order chi connectivity index (χ1) is 12.7. The number of nitrogens with one attached hydrogen (secondary N) is 1. The molecule has 0 unspecified atom stereocenters. The maximum absolute atomic E-state index is 5.59. The molecule has 136 valence electrons. The van der Waals surface area contributed by atoms with E-state index >= 15 is 0 Å².